The molecule has 0 unspecified atom stereocenters. The first-order valence-electron chi connectivity index (χ1n) is 8.83. The normalized spacial score (nSPS) is 21.0. The lowest BCUT2D eigenvalue weighted by molar-refractivity contribution is 0.294. The highest BCUT2D eigenvalue weighted by Gasteiger charge is 2.18. The van der Waals surface area contributed by atoms with Crippen LogP contribution in [0.3, 0.4) is 0 Å². The summed E-state index contributed by atoms with van der Waals surface area (Å²) in [7, 11) is 0. The minimum atomic E-state index is -0.322. The third-order valence-electron chi connectivity index (χ3n) is 4.50. The van der Waals surface area contributed by atoms with E-state index in [-0.39, 0.29) is 5.82 Å². The first kappa shape index (κ1) is 17.6. The maximum absolute atomic E-state index is 13.9. The maximum Gasteiger partial charge on any atom is 0.142 e. The van der Waals surface area contributed by atoms with Gasteiger partial charge in [-0.1, -0.05) is 37.7 Å². The van der Waals surface area contributed by atoms with E-state index >= 15 is 0 Å². The van der Waals surface area contributed by atoms with Crippen LogP contribution in [0.25, 0.3) is 0 Å². The Balaban J connectivity index is 1.86. The van der Waals surface area contributed by atoms with Crippen molar-refractivity contribution in [2.75, 3.05) is 6.61 Å². The summed E-state index contributed by atoms with van der Waals surface area (Å²) in [4.78, 5) is 0. The fourth-order valence-corrected chi connectivity index (χ4v) is 3.23. The summed E-state index contributed by atoms with van der Waals surface area (Å²) in [5.41, 5.74) is 0.421. The van der Waals surface area contributed by atoms with Crippen LogP contribution in [0, 0.1) is 29.5 Å². The summed E-state index contributed by atoms with van der Waals surface area (Å²) in [5, 5.41) is 0. The van der Waals surface area contributed by atoms with Gasteiger partial charge in [0, 0.05) is 6.07 Å². The Kier molecular flexibility index (Phi) is 7.20. The third-order valence-corrected chi connectivity index (χ3v) is 4.50. The zero-order chi connectivity index (χ0) is 16.5. The predicted octanol–water partition coefficient (Wildman–Crippen LogP) is 5.74. The summed E-state index contributed by atoms with van der Waals surface area (Å²) in [5.74, 6) is 7.64. The van der Waals surface area contributed by atoms with Crippen LogP contribution in [-0.4, -0.2) is 6.61 Å². The van der Waals surface area contributed by atoms with Gasteiger partial charge >= 0.3 is 0 Å². The number of ether oxygens (including phenoxy) is 1. The van der Waals surface area contributed by atoms with Crippen LogP contribution in [0.4, 0.5) is 4.39 Å². The Morgan fingerprint density at radius 3 is 2.65 bits per heavy atom. The van der Waals surface area contributed by atoms with Crippen molar-refractivity contribution in [1.29, 1.82) is 0 Å². The molecule has 1 aromatic carbocycles. The molecule has 0 heterocycles. The van der Waals surface area contributed by atoms with E-state index < -0.39 is 0 Å². The zero-order valence-corrected chi connectivity index (χ0v) is 14.3. The van der Waals surface area contributed by atoms with E-state index in [1.165, 1.54) is 44.6 Å². The van der Waals surface area contributed by atoms with Gasteiger partial charge < -0.3 is 4.74 Å². The molecule has 0 spiro atoms. The second kappa shape index (κ2) is 9.40. The van der Waals surface area contributed by atoms with Crippen LogP contribution in [0.15, 0.2) is 30.4 Å². The van der Waals surface area contributed by atoms with Crippen LogP contribution < -0.4 is 4.74 Å². The molecule has 1 saturated carbocycles. The fourth-order valence-electron chi connectivity index (χ4n) is 3.23. The molecular weight excluding hydrogens is 287 g/mol. The van der Waals surface area contributed by atoms with Gasteiger partial charge in [0.25, 0.3) is 0 Å². The van der Waals surface area contributed by atoms with Crippen molar-refractivity contribution in [2.45, 2.75) is 52.4 Å². The lowest BCUT2D eigenvalue weighted by Gasteiger charge is -2.26. The van der Waals surface area contributed by atoms with Crippen LogP contribution in [0.1, 0.15) is 57.9 Å². The van der Waals surface area contributed by atoms with Crippen molar-refractivity contribution in [2.24, 2.45) is 11.8 Å². The number of benzene rings is 1. The van der Waals surface area contributed by atoms with E-state index in [1.54, 1.807) is 12.1 Å². The Labute approximate surface area is 139 Å². The second-order valence-corrected chi connectivity index (χ2v) is 6.27. The Bertz CT molecular complexity index is 571. The number of hydrogen-bond donors (Lipinski definition) is 0. The highest BCUT2D eigenvalue weighted by molar-refractivity contribution is 5.41. The molecule has 1 aliphatic carbocycles. The average Bonchev–Trinajstić information content (AvgIpc) is 2.55. The summed E-state index contributed by atoms with van der Waals surface area (Å²) < 4.78 is 19.1. The molecule has 1 nitrogen and oxygen atoms in total. The first-order chi connectivity index (χ1) is 11.2. The number of halogens is 1. The van der Waals surface area contributed by atoms with Crippen molar-refractivity contribution in [3.05, 3.63) is 41.7 Å². The minimum Gasteiger partial charge on any atom is -0.494 e. The predicted molar refractivity (Wildman–Crippen MR) is 93.9 cm³/mol. The topological polar surface area (TPSA) is 9.23 Å². The third kappa shape index (κ3) is 5.75. The molecule has 1 aliphatic rings. The van der Waals surface area contributed by atoms with Crippen molar-refractivity contribution < 1.29 is 9.13 Å². The molecule has 1 aromatic rings. The van der Waals surface area contributed by atoms with Gasteiger partial charge in [-0.25, -0.2) is 4.39 Å². The molecule has 124 valence electrons. The van der Waals surface area contributed by atoms with Crippen LogP contribution >= 0.6 is 0 Å². The van der Waals surface area contributed by atoms with Gasteiger partial charge in [-0.3, -0.25) is 0 Å². The summed E-state index contributed by atoms with van der Waals surface area (Å²) in [6.07, 6.45) is 12.0. The van der Waals surface area contributed by atoms with E-state index in [0.717, 1.165) is 5.92 Å². The van der Waals surface area contributed by atoms with Gasteiger partial charge in [0.2, 0.25) is 0 Å². The van der Waals surface area contributed by atoms with Crippen molar-refractivity contribution in [3.63, 3.8) is 0 Å². The van der Waals surface area contributed by atoms with Gasteiger partial charge in [-0.05, 0) is 62.7 Å². The smallest absolute Gasteiger partial charge is 0.142 e. The lowest BCUT2D eigenvalue weighted by atomic mass is 9.80. The number of allylic oxidation sites excluding steroid dienone is 2. The molecule has 0 bridgehead atoms. The lowest BCUT2D eigenvalue weighted by Crippen LogP contribution is -2.12. The zero-order valence-electron chi connectivity index (χ0n) is 14.3. The highest BCUT2D eigenvalue weighted by Crippen LogP contribution is 2.32. The van der Waals surface area contributed by atoms with E-state index in [2.05, 4.69) is 24.8 Å². The molecule has 2 rings (SSSR count). The van der Waals surface area contributed by atoms with Crippen LogP contribution in [0.5, 0.6) is 5.75 Å². The largest absolute Gasteiger partial charge is 0.494 e. The van der Waals surface area contributed by atoms with Crippen molar-refractivity contribution in [1.82, 2.24) is 0 Å². The molecule has 2 heteroatoms. The monoisotopic (exact) mass is 314 g/mol. The summed E-state index contributed by atoms with van der Waals surface area (Å²) >= 11 is 0. The molecular formula is C21H27FO. The first-order valence-corrected chi connectivity index (χ1v) is 8.83. The molecule has 0 amide bonds. The Hall–Kier alpha value is -1.75. The molecule has 0 aromatic heterocycles. The molecule has 0 atom stereocenters. The standard InChI is InChI=1S/C21H27FO/c1-3-7-17-10-12-18(13-11-17)8-5-6-9-19-14-15-20(23-4-2)16-21(19)22/h5,8,14-18H,3-4,7,10-13H2,1-2H3/b8-5+/t17-,18-. The van der Waals surface area contributed by atoms with Crippen LogP contribution in [-0.2, 0) is 0 Å². The number of hydrogen-bond acceptors (Lipinski definition) is 1. The molecule has 23 heavy (non-hydrogen) atoms. The van der Waals surface area contributed by atoms with E-state index in [9.17, 15) is 4.39 Å². The molecule has 0 saturated heterocycles. The van der Waals surface area contributed by atoms with Crippen molar-refractivity contribution in [3.8, 4) is 17.6 Å². The quantitative estimate of drug-likeness (QED) is 0.630. The number of rotatable bonds is 5. The summed E-state index contributed by atoms with van der Waals surface area (Å²) in [6, 6.07) is 4.83. The molecule has 0 aliphatic heterocycles. The SMILES string of the molecule is CCC[C@H]1CC[C@H](/C=C/C#Cc2ccc(OCC)cc2F)CC1. The Morgan fingerprint density at radius 1 is 1.22 bits per heavy atom. The highest BCUT2D eigenvalue weighted by atomic mass is 19.1. The fraction of sp³-hybridized carbons (Fsp3) is 0.524. The van der Waals surface area contributed by atoms with Gasteiger partial charge in [0.1, 0.15) is 11.6 Å². The second-order valence-electron chi connectivity index (χ2n) is 6.27. The summed E-state index contributed by atoms with van der Waals surface area (Å²) in [6.45, 7) is 4.68. The minimum absolute atomic E-state index is 0.322. The van der Waals surface area contributed by atoms with E-state index in [4.69, 9.17) is 4.74 Å². The molecule has 1 fully saturated rings. The maximum atomic E-state index is 13.9. The molecule has 0 radical (unpaired) electrons. The molecule has 0 N–H and O–H groups in total. The van der Waals surface area contributed by atoms with Gasteiger partial charge in [0.15, 0.2) is 0 Å². The van der Waals surface area contributed by atoms with E-state index in [0.29, 0.717) is 23.8 Å². The van der Waals surface area contributed by atoms with Crippen LogP contribution in [0.2, 0.25) is 0 Å². The van der Waals surface area contributed by atoms with Crippen molar-refractivity contribution >= 4 is 0 Å². The van der Waals surface area contributed by atoms with Gasteiger partial charge in [-0.15, -0.1) is 0 Å². The van der Waals surface area contributed by atoms with Gasteiger partial charge in [-0.2, -0.15) is 0 Å². The van der Waals surface area contributed by atoms with E-state index in [1.807, 2.05) is 13.0 Å². The average molecular weight is 314 g/mol. The Morgan fingerprint density at radius 2 is 2.00 bits per heavy atom. The van der Waals surface area contributed by atoms with Gasteiger partial charge in [0.05, 0.1) is 12.2 Å².